The fourth-order valence-electron chi connectivity index (χ4n) is 2.08. The number of rotatable bonds is 10. The van der Waals surface area contributed by atoms with E-state index in [0.717, 1.165) is 12.8 Å². The van der Waals surface area contributed by atoms with Gasteiger partial charge in [0.1, 0.15) is 6.04 Å². The van der Waals surface area contributed by atoms with Crippen LogP contribution in [0.2, 0.25) is 0 Å². The van der Waals surface area contributed by atoms with Crippen LogP contribution in [0.4, 0.5) is 0 Å². The van der Waals surface area contributed by atoms with Crippen molar-refractivity contribution in [2.24, 2.45) is 5.92 Å². The van der Waals surface area contributed by atoms with Gasteiger partial charge < -0.3 is 14.9 Å². The molecule has 124 valence electrons. The minimum absolute atomic E-state index is 0.205. The number of carbonyl (C=O) groups excluding carboxylic acids is 1. The van der Waals surface area contributed by atoms with Gasteiger partial charge in [-0.05, 0) is 25.2 Å². The van der Waals surface area contributed by atoms with Crippen molar-refractivity contribution in [3.05, 3.63) is 11.7 Å². The predicted molar refractivity (Wildman–Crippen MR) is 80.3 cm³/mol. The van der Waals surface area contributed by atoms with Crippen LogP contribution >= 0.6 is 0 Å². The lowest BCUT2D eigenvalue weighted by Crippen LogP contribution is -2.41. The summed E-state index contributed by atoms with van der Waals surface area (Å²) < 4.78 is 5.08. The number of nitrogens with zero attached hydrogens (tertiary/aromatic N) is 2. The van der Waals surface area contributed by atoms with Crippen LogP contribution in [0.15, 0.2) is 4.52 Å². The van der Waals surface area contributed by atoms with Crippen molar-refractivity contribution in [3.63, 3.8) is 0 Å². The average molecular weight is 311 g/mol. The summed E-state index contributed by atoms with van der Waals surface area (Å²) in [5.74, 6) is 0.152. The predicted octanol–water partition coefficient (Wildman–Crippen LogP) is 1.96. The summed E-state index contributed by atoms with van der Waals surface area (Å²) in [6.07, 6.45) is 3.46. The van der Waals surface area contributed by atoms with Crippen LogP contribution in [0.3, 0.4) is 0 Å². The van der Waals surface area contributed by atoms with Crippen LogP contribution in [0.1, 0.15) is 58.2 Å². The third-order valence-electron chi connectivity index (χ3n) is 3.12. The second kappa shape index (κ2) is 9.17. The highest BCUT2D eigenvalue weighted by Gasteiger charge is 2.20. The fraction of sp³-hybridized carbons (Fsp3) is 0.733. The van der Waals surface area contributed by atoms with Crippen LogP contribution < -0.4 is 5.32 Å². The Balaban J connectivity index is 2.33. The molecular formula is C15H25N3O4. The monoisotopic (exact) mass is 311 g/mol. The van der Waals surface area contributed by atoms with Gasteiger partial charge in [-0.25, -0.2) is 4.79 Å². The minimum atomic E-state index is -0.997. The molecule has 0 fully saturated rings. The molecule has 1 heterocycles. The number of carboxylic acid groups (broad SMARTS) is 1. The number of aryl methyl sites for hydroxylation is 2. The van der Waals surface area contributed by atoms with Crippen LogP contribution in [-0.4, -0.2) is 33.2 Å². The van der Waals surface area contributed by atoms with Crippen molar-refractivity contribution in [1.29, 1.82) is 0 Å². The highest BCUT2D eigenvalue weighted by Crippen LogP contribution is 2.07. The molecule has 0 aliphatic rings. The molecule has 0 bridgehead atoms. The highest BCUT2D eigenvalue weighted by atomic mass is 16.5. The van der Waals surface area contributed by atoms with Gasteiger partial charge in [-0.1, -0.05) is 25.9 Å². The van der Waals surface area contributed by atoms with Crippen LogP contribution in [-0.2, 0) is 22.4 Å². The molecule has 0 aliphatic carbocycles. The summed E-state index contributed by atoms with van der Waals surface area (Å²) in [7, 11) is 0. The smallest absolute Gasteiger partial charge is 0.326 e. The Hall–Kier alpha value is -1.92. The molecule has 0 aromatic carbocycles. The maximum Gasteiger partial charge on any atom is 0.326 e. The first kappa shape index (κ1) is 18.1. The zero-order chi connectivity index (χ0) is 16.5. The Kier molecular flexibility index (Phi) is 7.56. The average Bonchev–Trinajstić information content (AvgIpc) is 2.85. The van der Waals surface area contributed by atoms with Crippen molar-refractivity contribution >= 4 is 11.9 Å². The normalized spacial score (nSPS) is 12.4. The first-order chi connectivity index (χ1) is 10.4. The molecule has 1 amide bonds. The van der Waals surface area contributed by atoms with Gasteiger partial charge in [-0.2, -0.15) is 4.98 Å². The molecule has 2 N–H and O–H groups in total. The van der Waals surface area contributed by atoms with Crippen molar-refractivity contribution in [2.75, 3.05) is 0 Å². The summed E-state index contributed by atoms with van der Waals surface area (Å²) in [5.41, 5.74) is 0. The third-order valence-corrected chi connectivity index (χ3v) is 3.12. The zero-order valence-electron chi connectivity index (χ0n) is 13.5. The number of nitrogens with one attached hydrogen (secondary N) is 1. The maximum atomic E-state index is 11.8. The Bertz CT molecular complexity index is 485. The van der Waals surface area contributed by atoms with Gasteiger partial charge in [0.05, 0.1) is 0 Å². The molecule has 0 radical (unpaired) electrons. The molecule has 7 nitrogen and oxygen atoms in total. The standard InChI is InChI=1S/C15H25N3O4/c1-4-6-12-17-14(22-18-12)8-5-7-13(19)16-11(15(20)21)9-10(2)3/h10-11H,4-9H2,1-3H3,(H,16,19)(H,20,21). The highest BCUT2D eigenvalue weighted by molar-refractivity contribution is 5.83. The fourth-order valence-corrected chi connectivity index (χ4v) is 2.08. The first-order valence-corrected chi connectivity index (χ1v) is 7.76. The zero-order valence-corrected chi connectivity index (χ0v) is 13.5. The molecule has 7 heteroatoms. The summed E-state index contributed by atoms with van der Waals surface area (Å²) >= 11 is 0. The number of amides is 1. The van der Waals surface area contributed by atoms with Gasteiger partial charge in [0, 0.05) is 19.3 Å². The molecule has 0 aliphatic heterocycles. The molecule has 1 aromatic heterocycles. The van der Waals surface area contributed by atoms with E-state index >= 15 is 0 Å². The maximum absolute atomic E-state index is 11.8. The second-order valence-corrected chi connectivity index (χ2v) is 5.80. The number of carboxylic acids is 1. The van der Waals surface area contributed by atoms with E-state index < -0.39 is 12.0 Å². The Morgan fingerprint density at radius 1 is 1.32 bits per heavy atom. The topological polar surface area (TPSA) is 105 Å². The van der Waals surface area contributed by atoms with E-state index in [9.17, 15) is 9.59 Å². The van der Waals surface area contributed by atoms with E-state index in [1.165, 1.54) is 0 Å². The molecule has 22 heavy (non-hydrogen) atoms. The molecule has 1 aromatic rings. The van der Waals surface area contributed by atoms with Crippen LogP contribution in [0, 0.1) is 5.92 Å². The molecule has 1 unspecified atom stereocenters. The van der Waals surface area contributed by atoms with Crippen molar-refractivity contribution in [1.82, 2.24) is 15.5 Å². The van der Waals surface area contributed by atoms with Gasteiger partial charge in [0.15, 0.2) is 5.82 Å². The summed E-state index contributed by atoms with van der Waals surface area (Å²) in [6, 6.07) is -0.827. The van der Waals surface area contributed by atoms with E-state index in [0.29, 0.717) is 31.0 Å². The molecule has 0 spiro atoms. The lowest BCUT2D eigenvalue weighted by atomic mass is 10.0. The Morgan fingerprint density at radius 2 is 2.05 bits per heavy atom. The van der Waals surface area contributed by atoms with Gasteiger partial charge >= 0.3 is 5.97 Å². The van der Waals surface area contributed by atoms with E-state index in [-0.39, 0.29) is 18.2 Å². The summed E-state index contributed by atoms with van der Waals surface area (Å²) in [5, 5.41) is 15.5. The van der Waals surface area contributed by atoms with Gasteiger partial charge in [0.25, 0.3) is 0 Å². The van der Waals surface area contributed by atoms with E-state index in [2.05, 4.69) is 15.5 Å². The van der Waals surface area contributed by atoms with Gasteiger partial charge in [-0.15, -0.1) is 0 Å². The van der Waals surface area contributed by atoms with Crippen molar-refractivity contribution in [3.8, 4) is 0 Å². The van der Waals surface area contributed by atoms with E-state index in [1.807, 2.05) is 20.8 Å². The van der Waals surface area contributed by atoms with Crippen molar-refractivity contribution < 1.29 is 19.2 Å². The van der Waals surface area contributed by atoms with Crippen LogP contribution in [0.5, 0.6) is 0 Å². The Labute approximate surface area is 130 Å². The molecule has 0 saturated carbocycles. The third kappa shape index (κ3) is 6.69. The van der Waals surface area contributed by atoms with Gasteiger partial charge in [0.2, 0.25) is 11.8 Å². The van der Waals surface area contributed by atoms with Crippen molar-refractivity contribution in [2.45, 2.75) is 65.3 Å². The first-order valence-electron chi connectivity index (χ1n) is 7.76. The quantitative estimate of drug-likeness (QED) is 0.684. The second-order valence-electron chi connectivity index (χ2n) is 5.80. The summed E-state index contributed by atoms with van der Waals surface area (Å²) in [6.45, 7) is 5.88. The lowest BCUT2D eigenvalue weighted by Gasteiger charge is -2.16. The molecular weight excluding hydrogens is 286 g/mol. The number of aliphatic carboxylic acids is 1. The minimum Gasteiger partial charge on any atom is -0.480 e. The van der Waals surface area contributed by atoms with Crippen LogP contribution in [0.25, 0.3) is 0 Å². The summed E-state index contributed by atoms with van der Waals surface area (Å²) in [4.78, 5) is 27.1. The lowest BCUT2D eigenvalue weighted by molar-refractivity contribution is -0.142. The molecule has 1 atom stereocenters. The number of hydrogen-bond donors (Lipinski definition) is 2. The number of aromatic nitrogens is 2. The SMILES string of the molecule is CCCc1noc(CCCC(=O)NC(CC(C)C)C(=O)O)n1. The molecule has 1 rings (SSSR count). The molecule has 0 saturated heterocycles. The largest absolute Gasteiger partial charge is 0.480 e. The Morgan fingerprint density at radius 3 is 2.64 bits per heavy atom. The van der Waals surface area contributed by atoms with E-state index in [1.54, 1.807) is 0 Å². The number of carbonyl (C=O) groups is 2. The van der Waals surface area contributed by atoms with Gasteiger partial charge in [-0.3, -0.25) is 4.79 Å². The number of hydrogen-bond acceptors (Lipinski definition) is 5. The van der Waals surface area contributed by atoms with E-state index in [4.69, 9.17) is 9.63 Å².